The maximum atomic E-state index is 11.0. The van der Waals surface area contributed by atoms with E-state index < -0.39 is 0 Å². The number of nitrogens with zero attached hydrogens (tertiary/aromatic N) is 1. The van der Waals surface area contributed by atoms with Crippen molar-refractivity contribution in [3.8, 4) is 0 Å². The summed E-state index contributed by atoms with van der Waals surface area (Å²) in [5.74, 6) is -0.0586. The quantitative estimate of drug-likeness (QED) is 0.625. The van der Waals surface area contributed by atoms with Crippen molar-refractivity contribution in [1.82, 2.24) is 10.2 Å². The first-order chi connectivity index (χ1) is 6.13. The molecule has 0 unspecified atom stereocenters. The first-order valence-corrected chi connectivity index (χ1v) is 4.23. The Morgan fingerprint density at radius 3 is 2.77 bits per heavy atom. The first-order valence-electron chi connectivity index (χ1n) is 4.23. The number of likely N-dealkylation sites (tertiary alicyclic amines) is 1. The van der Waals surface area contributed by atoms with E-state index >= 15 is 0 Å². The van der Waals surface area contributed by atoms with Gasteiger partial charge in [-0.25, -0.2) is 4.79 Å². The van der Waals surface area contributed by atoms with Crippen LogP contribution in [0.5, 0.6) is 0 Å². The zero-order valence-corrected chi connectivity index (χ0v) is 7.87. The van der Waals surface area contributed by atoms with Gasteiger partial charge in [-0.05, 0) is 6.42 Å². The third-order valence-electron chi connectivity index (χ3n) is 2.03. The van der Waals surface area contributed by atoms with Gasteiger partial charge in [-0.2, -0.15) is 0 Å². The normalized spacial score (nSPS) is 21.4. The lowest BCUT2D eigenvalue weighted by atomic mass is 10.3. The molecule has 1 saturated heterocycles. The molecule has 0 aromatic rings. The highest BCUT2D eigenvalue weighted by atomic mass is 16.5. The molecule has 0 bridgehead atoms. The maximum absolute atomic E-state index is 11.0. The van der Waals surface area contributed by atoms with E-state index in [0.29, 0.717) is 13.1 Å². The van der Waals surface area contributed by atoms with Crippen LogP contribution in [0, 0.1) is 0 Å². The van der Waals surface area contributed by atoms with Crippen molar-refractivity contribution in [3.63, 3.8) is 0 Å². The summed E-state index contributed by atoms with van der Waals surface area (Å²) < 4.78 is 4.56. The third kappa shape index (κ3) is 2.61. The molecule has 1 heterocycles. The number of carbonyl (C=O) groups is 2. The van der Waals surface area contributed by atoms with Crippen molar-refractivity contribution in [2.45, 2.75) is 19.4 Å². The van der Waals surface area contributed by atoms with E-state index in [1.165, 1.54) is 14.0 Å². The number of methoxy groups -OCH3 is 1. The molecule has 0 saturated carbocycles. The molecule has 1 fully saturated rings. The summed E-state index contributed by atoms with van der Waals surface area (Å²) in [5.41, 5.74) is 0. The fraction of sp³-hybridized carbons (Fsp3) is 0.750. The van der Waals surface area contributed by atoms with E-state index in [4.69, 9.17) is 0 Å². The summed E-state index contributed by atoms with van der Waals surface area (Å²) in [6.45, 7) is 2.67. The van der Waals surface area contributed by atoms with E-state index in [9.17, 15) is 9.59 Å². The predicted octanol–water partition coefficient (Wildman–Crippen LogP) is -0.0368. The van der Waals surface area contributed by atoms with Gasteiger partial charge in [-0.1, -0.05) is 0 Å². The summed E-state index contributed by atoms with van der Waals surface area (Å²) in [4.78, 5) is 23.3. The zero-order valence-electron chi connectivity index (χ0n) is 7.87. The van der Waals surface area contributed by atoms with Gasteiger partial charge in [0.1, 0.15) is 0 Å². The highest BCUT2D eigenvalue weighted by Gasteiger charge is 2.26. The Kier molecular flexibility index (Phi) is 3.11. The molecule has 1 N–H and O–H groups in total. The number of rotatable bonds is 1. The van der Waals surface area contributed by atoms with Crippen LogP contribution in [-0.4, -0.2) is 43.1 Å². The minimum Gasteiger partial charge on any atom is -0.453 e. The molecular formula is C8H14N2O3. The van der Waals surface area contributed by atoms with Crippen molar-refractivity contribution >= 4 is 12.0 Å². The molecule has 0 radical (unpaired) electrons. The van der Waals surface area contributed by atoms with Crippen LogP contribution in [0.4, 0.5) is 4.79 Å². The summed E-state index contributed by atoms with van der Waals surface area (Å²) in [7, 11) is 1.36. The number of ether oxygens (including phenoxy) is 1. The lowest BCUT2D eigenvalue weighted by Gasteiger charge is -2.14. The van der Waals surface area contributed by atoms with Crippen LogP contribution in [0.1, 0.15) is 13.3 Å². The Hall–Kier alpha value is -1.26. The van der Waals surface area contributed by atoms with Gasteiger partial charge in [0.15, 0.2) is 0 Å². The molecule has 0 spiro atoms. The second-order valence-electron chi connectivity index (χ2n) is 3.10. The van der Waals surface area contributed by atoms with Gasteiger partial charge >= 0.3 is 6.09 Å². The van der Waals surface area contributed by atoms with Crippen molar-refractivity contribution in [3.05, 3.63) is 0 Å². The van der Waals surface area contributed by atoms with Crippen molar-refractivity contribution in [2.24, 2.45) is 0 Å². The Morgan fingerprint density at radius 1 is 1.54 bits per heavy atom. The van der Waals surface area contributed by atoms with Gasteiger partial charge in [-0.15, -0.1) is 0 Å². The lowest BCUT2D eigenvalue weighted by molar-refractivity contribution is -0.119. The summed E-state index contributed by atoms with van der Waals surface area (Å²) in [6, 6.07) is 0.0802. The smallest absolute Gasteiger partial charge is 0.409 e. The Balaban J connectivity index is 2.36. The summed E-state index contributed by atoms with van der Waals surface area (Å²) in [6.07, 6.45) is 0.474. The zero-order chi connectivity index (χ0) is 9.84. The third-order valence-corrected chi connectivity index (χ3v) is 2.03. The molecule has 1 aliphatic rings. The van der Waals surface area contributed by atoms with Crippen LogP contribution >= 0.6 is 0 Å². The second kappa shape index (κ2) is 4.11. The van der Waals surface area contributed by atoms with Gasteiger partial charge in [-0.3, -0.25) is 4.79 Å². The van der Waals surface area contributed by atoms with E-state index in [2.05, 4.69) is 10.1 Å². The van der Waals surface area contributed by atoms with Crippen LogP contribution in [0.15, 0.2) is 0 Å². The standard InChI is InChI=1S/C8H14N2O3/c1-6(11)9-7-3-4-10(5-7)8(12)13-2/h7H,3-5H2,1-2H3,(H,9,11)/t7-/m1/s1. The summed E-state index contributed by atoms with van der Waals surface area (Å²) >= 11 is 0. The monoisotopic (exact) mass is 186 g/mol. The molecule has 5 nitrogen and oxygen atoms in total. The maximum Gasteiger partial charge on any atom is 0.409 e. The largest absolute Gasteiger partial charge is 0.453 e. The highest BCUT2D eigenvalue weighted by molar-refractivity contribution is 5.73. The molecular weight excluding hydrogens is 172 g/mol. The highest BCUT2D eigenvalue weighted by Crippen LogP contribution is 2.09. The second-order valence-corrected chi connectivity index (χ2v) is 3.10. The molecule has 0 aromatic heterocycles. The molecule has 0 aliphatic carbocycles. The average Bonchev–Trinajstić information content (AvgIpc) is 2.50. The topological polar surface area (TPSA) is 58.6 Å². The van der Waals surface area contributed by atoms with Gasteiger partial charge in [0.2, 0.25) is 5.91 Å². The average molecular weight is 186 g/mol. The molecule has 2 amide bonds. The minimum absolute atomic E-state index is 0.0586. The molecule has 1 atom stereocenters. The predicted molar refractivity (Wildman–Crippen MR) is 46.2 cm³/mol. The van der Waals surface area contributed by atoms with Gasteiger partial charge in [0.05, 0.1) is 7.11 Å². The van der Waals surface area contributed by atoms with Gasteiger partial charge in [0.25, 0.3) is 0 Å². The SMILES string of the molecule is COC(=O)N1CC[C@@H](NC(C)=O)C1. The fourth-order valence-electron chi connectivity index (χ4n) is 1.46. The summed E-state index contributed by atoms with van der Waals surface area (Å²) in [5, 5.41) is 2.76. The Bertz CT molecular complexity index is 217. The van der Waals surface area contributed by atoms with Crippen molar-refractivity contribution < 1.29 is 14.3 Å². The number of nitrogens with one attached hydrogen (secondary N) is 1. The molecule has 13 heavy (non-hydrogen) atoms. The molecule has 1 rings (SSSR count). The fourth-order valence-corrected chi connectivity index (χ4v) is 1.46. The van der Waals surface area contributed by atoms with E-state index in [1.807, 2.05) is 0 Å². The van der Waals surface area contributed by atoms with Crippen LogP contribution in [0.2, 0.25) is 0 Å². The van der Waals surface area contributed by atoms with Crippen LogP contribution in [0.25, 0.3) is 0 Å². The van der Waals surface area contributed by atoms with Crippen molar-refractivity contribution in [1.29, 1.82) is 0 Å². The Morgan fingerprint density at radius 2 is 2.23 bits per heavy atom. The number of carbonyl (C=O) groups excluding carboxylic acids is 2. The first kappa shape index (κ1) is 9.83. The van der Waals surface area contributed by atoms with Crippen LogP contribution in [0.3, 0.4) is 0 Å². The number of hydrogen-bond donors (Lipinski definition) is 1. The van der Waals surface area contributed by atoms with Crippen LogP contribution < -0.4 is 5.32 Å². The molecule has 0 aromatic carbocycles. The molecule has 1 aliphatic heterocycles. The van der Waals surface area contributed by atoms with Crippen molar-refractivity contribution in [2.75, 3.05) is 20.2 Å². The number of hydrogen-bond acceptors (Lipinski definition) is 3. The molecule has 74 valence electrons. The van der Waals surface area contributed by atoms with Gasteiger partial charge < -0.3 is 15.0 Å². The van der Waals surface area contributed by atoms with E-state index in [0.717, 1.165) is 6.42 Å². The minimum atomic E-state index is -0.326. The Labute approximate surface area is 77.0 Å². The lowest BCUT2D eigenvalue weighted by Crippen LogP contribution is -2.37. The van der Waals surface area contributed by atoms with Crippen LogP contribution in [-0.2, 0) is 9.53 Å². The molecule has 5 heteroatoms. The van der Waals surface area contributed by atoms with E-state index in [-0.39, 0.29) is 18.0 Å². The van der Waals surface area contributed by atoms with E-state index in [1.54, 1.807) is 4.90 Å². The van der Waals surface area contributed by atoms with Gasteiger partial charge in [0, 0.05) is 26.1 Å². The number of amides is 2.